The van der Waals surface area contributed by atoms with Crippen molar-refractivity contribution >= 4 is 44.0 Å². The summed E-state index contributed by atoms with van der Waals surface area (Å²) >= 11 is 4.15. The van der Waals surface area contributed by atoms with Crippen molar-refractivity contribution in [3.63, 3.8) is 0 Å². The van der Waals surface area contributed by atoms with E-state index in [9.17, 15) is 0 Å². The summed E-state index contributed by atoms with van der Waals surface area (Å²) in [5.41, 5.74) is 2.53. The summed E-state index contributed by atoms with van der Waals surface area (Å²) in [7, 11) is 0. The number of ether oxygens (including phenoxy) is 1. The van der Waals surface area contributed by atoms with Crippen LogP contribution < -0.4 is 4.74 Å². The lowest BCUT2D eigenvalue weighted by atomic mass is 10.2. The van der Waals surface area contributed by atoms with Crippen LogP contribution in [0.15, 0.2) is 47.8 Å². The van der Waals surface area contributed by atoms with Crippen LogP contribution in [-0.4, -0.2) is 0 Å². The predicted octanol–water partition coefficient (Wildman–Crippen LogP) is 5.39. The summed E-state index contributed by atoms with van der Waals surface area (Å²) < 4.78 is 8.52. The molecule has 0 N–H and O–H groups in total. The molecule has 0 bridgehead atoms. The van der Waals surface area contributed by atoms with Crippen LogP contribution in [0.2, 0.25) is 0 Å². The number of thiophene rings is 1. The number of hydrogen-bond donors (Lipinski definition) is 0. The predicted molar refractivity (Wildman–Crippen MR) is 90.1 cm³/mol. The largest absolute Gasteiger partial charge is 0.487 e. The Labute approximate surface area is 130 Å². The van der Waals surface area contributed by atoms with Gasteiger partial charge < -0.3 is 4.74 Å². The van der Waals surface area contributed by atoms with Crippen molar-refractivity contribution < 1.29 is 4.74 Å². The highest BCUT2D eigenvalue weighted by Gasteiger charge is 2.10. The number of halogens is 1. The van der Waals surface area contributed by atoms with Gasteiger partial charge in [0.05, 0.1) is 4.70 Å². The number of aryl methyl sites for hydroxylation is 1. The van der Waals surface area contributed by atoms with Gasteiger partial charge in [0, 0.05) is 8.96 Å². The molecule has 96 valence electrons. The van der Waals surface area contributed by atoms with Crippen LogP contribution in [0, 0.1) is 10.5 Å². The van der Waals surface area contributed by atoms with Gasteiger partial charge in [0.15, 0.2) is 0 Å². The van der Waals surface area contributed by atoms with Crippen molar-refractivity contribution in [2.24, 2.45) is 0 Å². The third-order valence-electron chi connectivity index (χ3n) is 3.06. The smallest absolute Gasteiger partial charge is 0.137 e. The van der Waals surface area contributed by atoms with Crippen LogP contribution in [0.1, 0.15) is 11.1 Å². The molecule has 0 radical (unpaired) electrons. The molecule has 0 spiro atoms. The topological polar surface area (TPSA) is 9.23 Å². The standard InChI is InChI=1S/C16H13IOS/c1-11-10-19-16-14(8-7-13(17)15(11)16)18-9-12-5-3-2-4-6-12/h2-8,10H,9H2,1H3. The first kappa shape index (κ1) is 12.9. The normalized spacial score (nSPS) is 10.8. The zero-order chi connectivity index (χ0) is 13.2. The van der Waals surface area contributed by atoms with Crippen LogP contribution >= 0.6 is 33.9 Å². The monoisotopic (exact) mass is 380 g/mol. The SMILES string of the molecule is Cc1csc2c(OCc3ccccc3)ccc(I)c12. The molecule has 0 aliphatic heterocycles. The van der Waals surface area contributed by atoms with E-state index in [4.69, 9.17) is 4.74 Å². The first-order valence-corrected chi connectivity index (χ1v) is 8.04. The zero-order valence-electron chi connectivity index (χ0n) is 10.5. The van der Waals surface area contributed by atoms with Gasteiger partial charge in [-0.3, -0.25) is 0 Å². The van der Waals surface area contributed by atoms with Crippen LogP contribution in [0.3, 0.4) is 0 Å². The van der Waals surface area contributed by atoms with E-state index in [1.807, 2.05) is 18.2 Å². The van der Waals surface area contributed by atoms with Crippen molar-refractivity contribution in [3.05, 3.63) is 62.5 Å². The van der Waals surface area contributed by atoms with Crippen LogP contribution in [0.5, 0.6) is 5.75 Å². The third kappa shape index (κ3) is 2.62. The van der Waals surface area contributed by atoms with Gasteiger partial charge in [-0.25, -0.2) is 0 Å². The van der Waals surface area contributed by atoms with Gasteiger partial charge in [-0.15, -0.1) is 11.3 Å². The molecule has 1 heterocycles. The molecule has 0 atom stereocenters. The Bertz CT molecular complexity index is 703. The molecule has 0 amide bonds. The molecule has 1 nitrogen and oxygen atoms in total. The Kier molecular flexibility index (Phi) is 3.75. The molecule has 0 saturated carbocycles. The molecule has 19 heavy (non-hydrogen) atoms. The minimum Gasteiger partial charge on any atom is -0.487 e. The second kappa shape index (κ2) is 5.51. The molecular weight excluding hydrogens is 367 g/mol. The Hall–Kier alpha value is -1.07. The fraction of sp³-hybridized carbons (Fsp3) is 0.125. The quantitative estimate of drug-likeness (QED) is 0.554. The first-order valence-electron chi connectivity index (χ1n) is 6.09. The molecular formula is C16H13IOS. The highest BCUT2D eigenvalue weighted by molar-refractivity contribution is 14.1. The fourth-order valence-electron chi connectivity index (χ4n) is 2.08. The first-order chi connectivity index (χ1) is 9.25. The Morgan fingerprint density at radius 3 is 2.68 bits per heavy atom. The van der Waals surface area contributed by atoms with E-state index < -0.39 is 0 Å². The van der Waals surface area contributed by atoms with E-state index in [0.717, 1.165) is 5.75 Å². The fourth-order valence-corrected chi connectivity index (χ4v) is 4.18. The lowest BCUT2D eigenvalue weighted by Gasteiger charge is -2.08. The van der Waals surface area contributed by atoms with Gasteiger partial charge >= 0.3 is 0 Å². The van der Waals surface area contributed by atoms with E-state index >= 15 is 0 Å². The second-order valence-corrected chi connectivity index (χ2v) is 6.48. The Morgan fingerprint density at radius 2 is 1.89 bits per heavy atom. The molecule has 3 heteroatoms. The summed E-state index contributed by atoms with van der Waals surface area (Å²) in [5.74, 6) is 0.984. The van der Waals surface area contributed by atoms with E-state index in [1.54, 1.807) is 11.3 Å². The van der Waals surface area contributed by atoms with Crippen molar-refractivity contribution in [3.8, 4) is 5.75 Å². The molecule has 0 aliphatic rings. The maximum absolute atomic E-state index is 5.98. The summed E-state index contributed by atoms with van der Waals surface area (Å²) in [6, 6.07) is 14.5. The number of hydrogen-bond acceptors (Lipinski definition) is 2. The minimum absolute atomic E-state index is 0.619. The summed E-state index contributed by atoms with van der Waals surface area (Å²) in [6.07, 6.45) is 0. The highest BCUT2D eigenvalue weighted by atomic mass is 127. The van der Waals surface area contributed by atoms with Crippen molar-refractivity contribution in [2.45, 2.75) is 13.5 Å². The number of benzene rings is 2. The minimum atomic E-state index is 0.619. The highest BCUT2D eigenvalue weighted by Crippen LogP contribution is 2.36. The molecule has 1 aromatic heterocycles. The molecule has 3 aromatic rings. The summed E-state index contributed by atoms with van der Waals surface area (Å²) in [4.78, 5) is 0. The van der Waals surface area contributed by atoms with E-state index in [2.05, 4.69) is 59.2 Å². The van der Waals surface area contributed by atoms with Crippen molar-refractivity contribution in [1.82, 2.24) is 0 Å². The molecule has 3 rings (SSSR count). The average molecular weight is 380 g/mol. The van der Waals surface area contributed by atoms with Crippen LogP contribution in [-0.2, 0) is 6.61 Å². The van der Waals surface area contributed by atoms with Crippen LogP contribution in [0.4, 0.5) is 0 Å². The molecule has 0 saturated heterocycles. The number of fused-ring (bicyclic) bond motifs is 1. The molecule has 0 unspecified atom stereocenters. The average Bonchev–Trinajstić information content (AvgIpc) is 2.83. The molecule has 0 aliphatic carbocycles. The van der Waals surface area contributed by atoms with Crippen molar-refractivity contribution in [1.29, 1.82) is 0 Å². The van der Waals surface area contributed by atoms with Gasteiger partial charge in [0.2, 0.25) is 0 Å². The maximum atomic E-state index is 5.98. The van der Waals surface area contributed by atoms with E-state index in [1.165, 1.54) is 24.8 Å². The van der Waals surface area contributed by atoms with Gasteiger partial charge in [0.1, 0.15) is 12.4 Å². The second-order valence-electron chi connectivity index (χ2n) is 4.44. The number of rotatable bonds is 3. The lowest BCUT2D eigenvalue weighted by Crippen LogP contribution is -1.95. The van der Waals surface area contributed by atoms with Gasteiger partial charge in [-0.2, -0.15) is 0 Å². The zero-order valence-corrected chi connectivity index (χ0v) is 13.5. The Morgan fingerprint density at radius 1 is 1.11 bits per heavy atom. The maximum Gasteiger partial charge on any atom is 0.137 e. The summed E-state index contributed by atoms with van der Waals surface area (Å²) in [6.45, 7) is 2.77. The van der Waals surface area contributed by atoms with Crippen molar-refractivity contribution in [2.75, 3.05) is 0 Å². The third-order valence-corrected chi connectivity index (χ3v) is 5.07. The lowest BCUT2D eigenvalue weighted by molar-refractivity contribution is 0.310. The van der Waals surface area contributed by atoms with Gasteiger partial charge in [-0.05, 0) is 58.2 Å². The van der Waals surface area contributed by atoms with E-state index in [0.29, 0.717) is 6.61 Å². The molecule has 2 aromatic carbocycles. The summed E-state index contributed by atoms with van der Waals surface area (Å²) in [5, 5.41) is 3.53. The van der Waals surface area contributed by atoms with Crippen LogP contribution in [0.25, 0.3) is 10.1 Å². The Balaban J connectivity index is 1.92. The van der Waals surface area contributed by atoms with Gasteiger partial charge in [-0.1, -0.05) is 30.3 Å². The van der Waals surface area contributed by atoms with E-state index in [-0.39, 0.29) is 0 Å². The molecule has 0 fully saturated rings. The van der Waals surface area contributed by atoms with Gasteiger partial charge in [0.25, 0.3) is 0 Å².